The van der Waals surface area contributed by atoms with E-state index in [9.17, 15) is 4.79 Å². The Kier molecular flexibility index (Phi) is 3.95. The van der Waals surface area contributed by atoms with Gasteiger partial charge in [-0.05, 0) is 51.3 Å². The zero-order valence-corrected chi connectivity index (χ0v) is 14.5. The fourth-order valence-corrected chi connectivity index (χ4v) is 3.63. The summed E-state index contributed by atoms with van der Waals surface area (Å²) in [6.45, 7) is 4.65. The monoisotopic (exact) mass is 335 g/mol. The molecule has 4 rings (SSSR count). The first kappa shape index (κ1) is 15.7. The quantitative estimate of drug-likeness (QED) is 0.722. The fourth-order valence-electron chi connectivity index (χ4n) is 3.63. The molecule has 0 saturated carbocycles. The molecule has 1 atom stereocenters. The lowest BCUT2D eigenvalue weighted by molar-refractivity contribution is 0.0608. The highest BCUT2D eigenvalue weighted by molar-refractivity contribution is 6.00. The number of nitrogens with zero attached hydrogens (tertiary/aromatic N) is 5. The average Bonchev–Trinajstić information content (AvgIpc) is 3.06. The molecule has 0 aliphatic carbocycles. The minimum absolute atomic E-state index is 0.0112. The van der Waals surface area contributed by atoms with E-state index >= 15 is 0 Å². The Morgan fingerprint density at radius 2 is 2.12 bits per heavy atom. The summed E-state index contributed by atoms with van der Waals surface area (Å²) < 4.78 is 1.74. The number of carbonyl (C=O) groups excluding carboxylic acids is 1. The molecule has 1 aliphatic rings. The number of pyridine rings is 1. The second-order valence-corrected chi connectivity index (χ2v) is 6.60. The Hall–Kier alpha value is -2.76. The van der Waals surface area contributed by atoms with Crippen molar-refractivity contribution in [3.05, 3.63) is 59.3 Å². The summed E-state index contributed by atoms with van der Waals surface area (Å²) in [5, 5.41) is 4.36. The molecule has 1 aliphatic heterocycles. The van der Waals surface area contributed by atoms with Crippen molar-refractivity contribution in [2.75, 3.05) is 6.54 Å². The summed E-state index contributed by atoms with van der Waals surface area (Å²) in [6.07, 6.45) is 6.49. The van der Waals surface area contributed by atoms with Crippen LogP contribution in [0.1, 0.15) is 52.7 Å². The van der Waals surface area contributed by atoms with E-state index in [1.165, 1.54) is 0 Å². The molecular weight excluding hydrogens is 314 g/mol. The summed E-state index contributed by atoms with van der Waals surface area (Å²) in [5.74, 6) is -0.0112. The number of amides is 1. The molecule has 0 bridgehead atoms. The van der Waals surface area contributed by atoms with Crippen molar-refractivity contribution in [1.29, 1.82) is 0 Å². The summed E-state index contributed by atoms with van der Waals surface area (Å²) in [4.78, 5) is 24.2. The third kappa shape index (κ3) is 2.77. The van der Waals surface area contributed by atoms with E-state index in [0.29, 0.717) is 11.2 Å². The van der Waals surface area contributed by atoms with Crippen molar-refractivity contribution >= 4 is 11.6 Å². The average molecular weight is 335 g/mol. The van der Waals surface area contributed by atoms with Gasteiger partial charge in [0.2, 0.25) is 0 Å². The lowest BCUT2D eigenvalue weighted by atomic mass is 9.98. The number of aryl methyl sites for hydroxylation is 2. The van der Waals surface area contributed by atoms with Gasteiger partial charge in [0.1, 0.15) is 5.56 Å². The Morgan fingerprint density at radius 3 is 2.92 bits per heavy atom. The van der Waals surface area contributed by atoms with Gasteiger partial charge < -0.3 is 4.90 Å². The Bertz CT molecular complexity index is 918. The van der Waals surface area contributed by atoms with Crippen molar-refractivity contribution in [3.8, 4) is 0 Å². The standard InChI is InChI=1S/C19H21N5O/c1-13-11-14(2)24-18(22-13)15(12-21-24)19(25)23-10-6-4-8-17(23)16-7-3-5-9-20-16/h3,5,7,9,11-12,17H,4,6,8,10H2,1-2H3. The van der Waals surface area contributed by atoms with Gasteiger partial charge in [0, 0.05) is 24.1 Å². The van der Waals surface area contributed by atoms with Crippen molar-refractivity contribution in [2.45, 2.75) is 39.2 Å². The molecule has 1 saturated heterocycles. The number of carbonyl (C=O) groups is 1. The highest BCUT2D eigenvalue weighted by Gasteiger charge is 2.31. The van der Waals surface area contributed by atoms with Gasteiger partial charge in [0.05, 0.1) is 17.9 Å². The smallest absolute Gasteiger partial charge is 0.259 e. The second kappa shape index (κ2) is 6.27. The Morgan fingerprint density at radius 1 is 1.24 bits per heavy atom. The SMILES string of the molecule is Cc1cc(C)n2ncc(C(=O)N3CCCCC3c3ccccn3)c2n1. The van der Waals surface area contributed by atoms with Crippen LogP contribution in [0.2, 0.25) is 0 Å². The van der Waals surface area contributed by atoms with Gasteiger partial charge in [0.25, 0.3) is 5.91 Å². The van der Waals surface area contributed by atoms with E-state index in [-0.39, 0.29) is 11.9 Å². The predicted octanol–water partition coefficient (Wildman–Crippen LogP) is 3.11. The van der Waals surface area contributed by atoms with Gasteiger partial charge >= 0.3 is 0 Å². The molecule has 3 aromatic heterocycles. The lowest BCUT2D eigenvalue weighted by Gasteiger charge is -2.35. The lowest BCUT2D eigenvalue weighted by Crippen LogP contribution is -2.38. The molecular formula is C19H21N5O. The van der Waals surface area contributed by atoms with Gasteiger partial charge in [-0.1, -0.05) is 6.07 Å². The minimum Gasteiger partial charge on any atom is -0.330 e. The molecule has 1 amide bonds. The van der Waals surface area contributed by atoms with Crippen molar-refractivity contribution in [2.24, 2.45) is 0 Å². The highest BCUT2D eigenvalue weighted by atomic mass is 16.2. The van der Waals surface area contributed by atoms with E-state index in [2.05, 4.69) is 15.1 Å². The molecule has 0 spiro atoms. The van der Waals surface area contributed by atoms with Crippen molar-refractivity contribution in [3.63, 3.8) is 0 Å². The van der Waals surface area contributed by atoms with Gasteiger partial charge in [-0.3, -0.25) is 9.78 Å². The summed E-state index contributed by atoms with van der Waals surface area (Å²) in [7, 11) is 0. The van der Waals surface area contributed by atoms with Gasteiger partial charge in [0.15, 0.2) is 5.65 Å². The molecule has 3 aromatic rings. The number of fused-ring (bicyclic) bond motifs is 1. The van der Waals surface area contributed by atoms with Crippen molar-refractivity contribution < 1.29 is 4.79 Å². The van der Waals surface area contributed by atoms with Crippen LogP contribution < -0.4 is 0 Å². The zero-order valence-electron chi connectivity index (χ0n) is 14.5. The Labute approximate surface area is 146 Å². The molecule has 1 unspecified atom stereocenters. The van der Waals surface area contributed by atoms with Crippen LogP contribution in [0.15, 0.2) is 36.7 Å². The topological polar surface area (TPSA) is 63.4 Å². The largest absolute Gasteiger partial charge is 0.330 e. The number of aromatic nitrogens is 4. The minimum atomic E-state index is -0.0112. The third-order valence-corrected chi connectivity index (χ3v) is 4.80. The molecule has 128 valence electrons. The van der Waals surface area contributed by atoms with Crippen LogP contribution in [0, 0.1) is 13.8 Å². The van der Waals surface area contributed by atoms with Gasteiger partial charge in [-0.15, -0.1) is 0 Å². The molecule has 6 nitrogen and oxygen atoms in total. The molecule has 1 fully saturated rings. The highest BCUT2D eigenvalue weighted by Crippen LogP contribution is 2.31. The number of hydrogen-bond acceptors (Lipinski definition) is 4. The summed E-state index contributed by atoms with van der Waals surface area (Å²) >= 11 is 0. The van der Waals surface area contributed by atoms with Crippen LogP contribution in [0.5, 0.6) is 0 Å². The first-order valence-electron chi connectivity index (χ1n) is 8.69. The van der Waals surface area contributed by atoms with E-state index in [0.717, 1.165) is 42.9 Å². The summed E-state index contributed by atoms with van der Waals surface area (Å²) in [5.41, 5.74) is 4.01. The predicted molar refractivity (Wildman–Crippen MR) is 94.3 cm³/mol. The molecule has 0 N–H and O–H groups in total. The van der Waals surface area contributed by atoms with Crippen molar-refractivity contribution in [1.82, 2.24) is 24.5 Å². The van der Waals surface area contributed by atoms with E-state index in [4.69, 9.17) is 0 Å². The number of hydrogen-bond donors (Lipinski definition) is 0. The van der Waals surface area contributed by atoms with Gasteiger partial charge in [-0.25, -0.2) is 9.50 Å². The second-order valence-electron chi connectivity index (χ2n) is 6.60. The van der Waals surface area contributed by atoms with E-state index in [1.807, 2.05) is 43.0 Å². The molecule has 6 heteroatoms. The number of rotatable bonds is 2. The van der Waals surface area contributed by atoms with E-state index in [1.54, 1.807) is 16.9 Å². The van der Waals surface area contributed by atoms with Crippen LogP contribution in [0.3, 0.4) is 0 Å². The fraction of sp³-hybridized carbons (Fsp3) is 0.368. The van der Waals surface area contributed by atoms with Crippen LogP contribution >= 0.6 is 0 Å². The van der Waals surface area contributed by atoms with E-state index < -0.39 is 0 Å². The molecule has 0 radical (unpaired) electrons. The first-order chi connectivity index (χ1) is 12.1. The number of piperidine rings is 1. The zero-order chi connectivity index (χ0) is 17.4. The molecule has 0 aromatic carbocycles. The maximum absolute atomic E-state index is 13.3. The number of likely N-dealkylation sites (tertiary alicyclic amines) is 1. The maximum Gasteiger partial charge on any atom is 0.259 e. The first-order valence-corrected chi connectivity index (χ1v) is 8.69. The normalized spacial score (nSPS) is 17.8. The third-order valence-electron chi connectivity index (χ3n) is 4.80. The van der Waals surface area contributed by atoms with Crippen LogP contribution in [-0.2, 0) is 0 Å². The molecule has 25 heavy (non-hydrogen) atoms. The Balaban J connectivity index is 1.74. The van der Waals surface area contributed by atoms with Crippen LogP contribution in [-0.4, -0.2) is 36.9 Å². The molecule has 4 heterocycles. The van der Waals surface area contributed by atoms with Crippen LogP contribution in [0.25, 0.3) is 5.65 Å². The van der Waals surface area contributed by atoms with Crippen LogP contribution in [0.4, 0.5) is 0 Å². The summed E-state index contributed by atoms with van der Waals surface area (Å²) in [6, 6.07) is 7.86. The van der Waals surface area contributed by atoms with Gasteiger partial charge in [-0.2, -0.15) is 5.10 Å². The maximum atomic E-state index is 13.3.